The molecule has 1 aromatic rings. The number of morpholine rings is 1. The van der Waals surface area contributed by atoms with E-state index in [0.717, 1.165) is 51.5 Å². The summed E-state index contributed by atoms with van der Waals surface area (Å²) in [7, 11) is 0. The molecule has 2 N–H and O–H groups in total. The third kappa shape index (κ3) is 4.30. The standard InChI is InChI=1S/C14H26N4O/c1-11(10-18-6-8-19-9-7-18)15-5-4-14-12(2)16-17-13(14)3/h11,15H,4-10H2,1-3H3,(H,16,17). The molecule has 1 aromatic heterocycles. The van der Waals surface area contributed by atoms with Gasteiger partial charge in [-0.25, -0.2) is 0 Å². The van der Waals surface area contributed by atoms with Crippen LogP contribution < -0.4 is 5.32 Å². The molecule has 5 nitrogen and oxygen atoms in total. The minimum atomic E-state index is 0.519. The van der Waals surface area contributed by atoms with Gasteiger partial charge in [-0.15, -0.1) is 0 Å². The van der Waals surface area contributed by atoms with Gasteiger partial charge in [0.05, 0.1) is 18.9 Å². The number of ether oxygens (including phenoxy) is 1. The SMILES string of the molecule is Cc1n[nH]c(C)c1CCNC(C)CN1CCOCC1. The molecule has 5 heteroatoms. The maximum absolute atomic E-state index is 5.37. The predicted molar refractivity (Wildman–Crippen MR) is 76.5 cm³/mol. The average Bonchev–Trinajstić information content (AvgIpc) is 2.71. The monoisotopic (exact) mass is 266 g/mol. The number of rotatable bonds is 6. The lowest BCUT2D eigenvalue weighted by Crippen LogP contribution is -2.44. The molecule has 2 rings (SSSR count). The van der Waals surface area contributed by atoms with Crippen molar-refractivity contribution in [3.8, 4) is 0 Å². The Morgan fingerprint density at radius 1 is 1.37 bits per heavy atom. The van der Waals surface area contributed by atoms with Crippen molar-refractivity contribution in [2.45, 2.75) is 33.2 Å². The van der Waals surface area contributed by atoms with Crippen LogP contribution in [0.25, 0.3) is 0 Å². The Kier molecular flexibility index (Phi) is 5.36. The highest BCUT2D eigenvalue weighted by Crippen LogP contribution is 2.09. The van der Waals surface area contributed by atoms with Crippen molar-refractivity contribution in [1.82, 2.24) is 20.4 Å². The number of aromatic nitrogens is 2. The Morgan fingerprint density at radius 3 is 2.74 bits per heavy atom. The largest absolute Gasteiger partial charge is 0.379 e. The number of H-pyrrole nitrogens is 1. The number of nitrogens with one attached hydrogen (secondary N) is 2. The van der Waals surface area contributed by atoms with Gasteiger partial charge in [0.25, 0.3) is 0 Å². The molecule has 1 unspecified atom stereocenters. The number of aromatic amines is 1. The number of hydrogen-bond acceptors (Lipinski definition) is 4. The van der Waals surface area contributed by atoms with Gasteiger partial charge in [0, 0.05) is 31.4 Å². The maximum Gasteiger partial charge on any atom is 0.0626 e. The maximum atomic E-state index is 5.37. The Hall–Kier alpha value is -0.910. The van der Waals surface area contributed by atoms with Gasteiger partial charge in [-0.3, -0.25) is 10.00 Å². The minimum absolute atomic E-state index is 0.519. The molecule has 0 radical (unpaired) electrons. The molecule has 2 heterocycles. The number of hydrogen-bond donors (Lipinski definition) is 2. The summed E-state index contributed by atoms with van der Waals surface area (Å²) in [5, 5.41) is 10.9. The van der Waals surface area contributed by atoms with Crippen molar-refractivity contribution in [2.24, 2.45) is 0 Å². The highest BCUT2D eigenvalue weighted by molar-refractivity contribution is 5.23. The molecular weight excluding hydrogens is 240 g/mol. The van der Waals surface area contributed by atoms with Gasteiger partial charge in [0.1, 0.15) is 0 Å². The van der Waals surface area contributed by atoms with Crippen molar-refractivity contribution in [1.29, 1.82) is 0 Å². The first-order chi connectivity index (χ1) is 9.16. The summed E-state index contributed by atoms with van der Waals surface area (Å²) in [6.07, 6.45) is 1.04. The third-order valence-electron chi connectivity index (χ3n) is 3.78. The van der Waals surface area contributed by atoms with Crippen LogP contribution in [-0.4, -0.2) is 60.5 Å². The van der Waals surface area contributed by atoms with Crippen LogP contribution in [-0.2, 0) is 11.2 Å². The van der Waals surface area contributed by atoms with Gasteiger partial charge in [0.15, 0.2) is 0 Å². The quantitative estimate of drug-likeness (QED) is 0.802. The fraction of sp³-hybridized carbons (Fsp3) is 0.786. The van der Waals surface area contributed by atoms with Crippen molar-refractivity contribution < 1.29 is 4.74 Å². The van der Waals surface area contributed by atoms with Crippen LogP contribution >= 0.6 is 0 Å². The zero-order chi connectivity index (χ0) is 13.7. The molecule has 1 aliphatic heterocycles. The van der Waals surface area contributed by atoms with E-state index >= 15 is 0 Å². The van der Waals surface area contributed by atoms with Crippen LogP contribution in [0.4, 0.5) is 0 Å². The van der Waals surface area contributed by atoms with Crippen LogP contribution in [0.15, 0.2) is 0 Å². The van der Waals surface area contributed by atoms with E-state index in [1.54, 1.807) is 0 Å². The van der Waals surface area contributed by atoms with E-state index in [4.69, 9.17) is 4.74 Å². The molecule has 1 fully saturated rings. The van der Waals surface area contributed by atoms with Gasteiger partial charge in [-0.05, 0) is 39.3 Å². The first-order valence-electron chi connectivity index (χ1n) is 7.20. The summed E-state index contributed by atoms with van der Waals surface area (Å²) >= 11 is 0. The second-order valence-electron chi connectivity index (χ2n) is 5.43. The number of nitrogens with zero attached hydrogens (tertiary/aromatic N) is 2. The number of aryl methyl sites for hydroxylation is 2. The first-order valence-corrected chi connectivity index (χ1v) is 7.20. The highest BCUT2D eigenvalue weighted by atomic mass is 16.5. The molecule has 0 bridgehead atoms. The molecule has 1 saturated heterocycles. The smallest absolute Gasteiger partial charge is 0.0626 e. The van der Waals surface area contributed by atoms with Crippen LogP contribution in [0.2, 0.25) is 0 Å². The molecule has 19 heavy (non-hydrogen) atoms. The summed E-state index contributed by atoms with van der Waals surface area (Å²) in [4.78, 5) is 2.47. The second-order valence-corrected chi connectivity index (χ2v) is 5.43. The van der Waals surface area contributed by atoms with E-state index in [2.05, 4.69) is 41.2 Å². The first kappa shape index (κ1) is 14.5. The zero-order valence-corrected chi connectivity index (χ0v) is 12.3. The summed E-state index contributed by atoms with van der Waals surface area (Å²) in [5.74, 6) is 0. The summed E-state index contributed by atoms with van der Waals surface area (Å²) in [6.45, 7) is 12.4. The van der Waals surface area contributed by atoms with Gasteiger partial charge >= 0.3 is 0 Å². The van der Waals surface area contributed by atoms with Crippen LogP contribution in [0.3, 0.4) is 0 Å². The van der Waals surface area contributed by atoms with Crippen LogP contribution in [0.1, 0.15) is 23.9 Å². The van der Waals surface area contributed by atoms with Gasteiger partial charge in [-0.2, -0.15) is 5.10 Å². The van der Waals surface area contributed by atoms with Crippen molar-refractivity contribution >= 4 is 0 Å². The summed E-state index contributed by atoms with van der Waals surface area (Å²) < 4.78 is 5.37. The minimum Gasteiger partial charge on any atom is -0.379 e. The normalized spacial score (nSPS) is 18.7. The molecule has 0 aromatic carbocycles. The fourth-order valence-electron chi connectivity index (χ4n) is 2.62. The van der Waals surface area contributed by atoms with Gasteiger partial charge < -0.3 is 10.1 Å². The molecule has 0 spiro atoms. The lowest BCUT2D eigenvalue weighted by molar-refractivity contribution is 0.0344. The van der Waals surface area contributed by atoms with Crippen LogP contribution in [0.5, 0.6) is 0 Å². The molecule has 108 valence electrons. The Morgan fingerprint density at radius 2 is 2.11 bits per heavy atom. The molecular formula is C14H26N4O. The molecule has 0 saturated carbocycles. The molecule has 0 aliphatic carbocycles. The Balaban J connectivity index is 1.67. The molecule has 1 aliphatic rings. The second kappa shape index (κ2) is 7.03. The van der Waals surface area contributed by atoms with E-state index in [1.807, 2.05) is 0 Å². The topological polar surface area (TPSA) is 53.2 Å². The third-order valence-corrected chi connectivity index (χ3v) is 3.78. The summed E-state index contributed by atoms with van der Waals surface area (Å²) in [5.41, 5.74) is 3.67. The van der Waals surface area contributed by atoms with E-state index in [0.29, 0.717) is 6.04 Å². The van der Waals surface area contributed by atoms with Crippen molar-refractivity contribution in [3.63, 3.8) is 0 Å². The van der Waals surface area contributed by atoms with Gasteiger partial charge in [0.2, 0.25) is 0 Å². The molecule has 1 atom stereocenters. The average molecular weight is 266 g/mol. The Labute approximate surface area is 115 Å². The van der Waals surface area contributed by atoms with E-state index in [-0.39, 0.29) is 0 Å². The van der Waals surface area contributed by atoms with Crippen molar-refractivity contribution in [2.75, 3.05) is 39.4 Å². The van der Waals surface area contributed by atoms with Gasteiger partial charge in [-0.1, -0.05) is 0 Å². The summed E-state index contributed by atoms with van der Waals surface area (Å²) in [6, 6.07) is 0.519. The lowest BCUT2D eigenvalue weighted by atomic mass is 10.1. The van der Waals surface area contributed by atoms with E-state index < -0.39 is 0 Å². The van der Waals surface area contributed by atoms with E-state index in [9.17, 15) is 0 Å². The van der Waals surface area contributed by atoms with Crippen LogP contribution in [0, 0.1) is 13.8 Å². The predicted octanol–water partition coefficient (Wildman–Crippen LogP) is 0.879. The van der Waals surface area contributed by atoms with E-state index in [1.165, 1.54) is 11.3 Å². The van der Waals surface area contributed by atoms with Crippen molar-refractivity contribution in [3.05, 3.63) is 17.0 Å². The molecule has 0 amide bonds. The fourth-order valence-corrected chi connectivity index (χ4v) is 2.62. The Bertz CT molecular complexity index is 365. The lowest BCUT2D eigenvalue weighted by Gasteiger charge is -2.29. The zero-order valence-electron chi connectivity index (χ0n) is 12.3. The highest BCUT2D eigenvalue weighted by Gasteiger charge is 2.13.